The molecular formula is C31H42N5O6P. The Hall–Kier alpha value is -3.50. The maximum absolute atomic E-state index is 14.7. The maximum Gasteiger partial charge on any atom is 0.459 e. The van der Waals surface area contributed by atoms with Crippen molar-refractivity contribution < 1.29 is 41.6 Å². The standard InChI is InChI=1S/C31H42N5O6P/c1-6-8-14-23(19-40-43(38,42-24-15-10-9-11-16-24)35-22(5)31(37)41-21(3)4)36-27(20-39-7-2)34-28-29(36)25-17-12-13-18-26(25)33-30(28)32/h9-13,15-18,21-23H,6-8,14,19-20H2,1-5H3,(H2,32,33)(H,35,38)/t22-,23-,43-/m0/s1/i3D3,4D3,5D3,21D. The smallest absolute Gasteiger partial charge is 0.459 e. The third-order valence-electron chi connectivity index (χ3n) is 6.45. The van der Waals surface area contributed by atoms with Gasteiger partial charge >= 0.3 is 13.7 Å². The summed E-state index contributed by atoms with van der Waals surface area (Å²) in [5, 5.41) is 2.77. The van der Waals surface area contributed by atoms with Crippen LogP contribution in [0, 0.1) is 0 Å². The molecule has 4 rings (SSSR count). The number of hydrogen-bond acceptors (Lipinski definition) is 9. The molecule has 0 fully saturated rings. The number of carbonyl (C=O) groups is 1. The van der Waals surface area contributed by atoms with Crippen molar-refractivity contribution in [2.75, 3.05) is 18.9 Å². The van der Waals surface area contributed by atoms with Crippen LogP contribution in [-0.4, -0.2) is 45.8 Å². The van der Waals surface area contributed by atoms with Crippen LogP contribution in [0.2, 0.25) is 0 Å². The summed E-state index contributed by atoms with van der Waals surface area (Å²) in [6.07, 6.45) is -2.10. The molecule has 0 bridgehead atoms. The van der Waals surface area contributed by atoms with Crippen LogP contribution in [0.15, 0.2) is 54.6 Å². The highest BCUT2D eigenvalue weighted by molar-refractivity contribution is 7.52. The van der Waals surface area contributed by atoms with Gasteiger partial charge in [0.25, 0.3) is 0 Å². The lowest BCUT2D eigenvalue weighted by molar-refractivity contribution is -0.149. The molecule has 0 spiro atoms. The van der Waals surface area contributed by atoms with E-state index < -0.39 is 59.0 Å². The molecule has 43 heavy (non-hydrogen) atoms. The van der Waals surface area contributed by atoms with E-state index in [0.717, 1.165) is 6.42 Å². The number of hydrogen-bond donors (Lipinski definition) is 2. The Labute approximate surface area is 266 Å². The summed E-state index contributed by atoms with van der Waals surface area (Å²) in [6, 6.07) is 11.3. The molecule has 232 valence electrons. The molecule has 3 atom stereocenters. The Kier molecular flexibility index (Phi) is 7.31. The van der Waals surface area contributed by atoms with E-state index in [-0.39, 0.29) is 18.2 Å². The first kappa shape index (κ1) is 21.2. The van der Waals surface area contributed by atoms with E-state index in [1.807, 2.05) is 30.5 Å². The minimum Gasteiger partial charge on any atom is -0.462 e. The van der Waals surface area contributed by atoms with Crippen molar-refractivity contribution in [2.45, 2.75) is 78.4 Å². The highest BCUT2D eigenvalue weighted by Crippen LogP contribution is 2.46. The average Bonchev–Trinajstić information content (AvgIpc) is 3.45. The molecule has 3 N–H and O–H groups in total. The van der Waals surface area contributed by atoms with Crippen LogP contribution in [0.25, 0.3) is 21.9 Å². The number of pyridine rings is 1. The SMILES string of the molecule is [2H]C([2H])([2H])[C@H](N[P@](=O)(OC[C@H](CCCC)n1c(COCC)nc2c(N)nc3ccccc3c21)Oc1ccccc1)C(=O)OC([2H])(C([2H])([2H])[2H])C([2H])([2H])[2H]. The van der Waals surface area contributed by atoms with Crippen LogP contribution in [0.5, 0.6) is 5.75 Å². The largest absolute Gasteiger partial charge is 0.462 e. The number of benzene rings is 2. The predicted molar refractivity (Wildman–Crippen MR) is 168 cm³/mol. The van der Waals surface area contributed by atoms with Crippen molar-refractivity contribution in [3.63, 3.8) is 0 Å². The number of rotatable bonds is 16. The van der Waals surface area contributed by atoms with Crippen molar-refractivity contribution in [3.05, 3.63) is 60.4 Å². The fraction of sp³-hybridized carbons (Fsp3) is 0.452. The van der Waals surface area contributed by atoms with Gasteiger partial charge in [0.05, 0.1) is 31.1 Å². The molecular weight excluding hydrogens is 569 g/mol. The number of esters is 1. The molecule has 0 aliphatic rings. The van der Waals surface area contributed by atoms with Crippen LogP contribution < -0.4 is 15.3 Å². The minimum atomic E-state index is -4.99. The molecule has 0 saturated carbocycles. The number of nitrogen functional groups attached to an aromatic ring is 1. The number of ether oxygens (including phenoxy) is 2. The van der Waals surface area contributed by atoms with Crippen molar-refractivity contribution in [1.29, 1.82) is 0 Å². The number of nitrogens with two attached hydrogens (primary N) is 1. The predicted octanol–water partition coefficient (Wildman–Crippen LogP) is 6.57. The van der Waals surface area contributed by atoms with E-state index in [2.05, 4.69) is 14.8 Å². The number of aromatic nitrogens is 3. The molecule has 0 saturated heterocycles. The second kappa shape index (κ2) is 14.8. The first-order chi connectivity index (χ1) is 24.7. The molecule has 2 aromatic heterocycles. The second-order valence-corrected chi connectivity index (χ2v) is 11.2. The van der Waals surface area contributed by atoms with E-state index in [0.29, 0.717) is 47.2 Å². The topological polar surface area (TPSA) is 140 Å². The Bertz CT molecular complexity index is 1910. The number of nitrogens with one attached hydrogen (secondary N) is 1. The van der Waals surface area contributed by atoms with E-state index in [1.165, 1.54) is 24.3 Å². The molecule has 11 nitrogen and oxygen atoms in total. The lowest BCUT2D eigenvalue weighted by Gasteiger charge is -2.27. The Morgan fingerprint density at radius 2 is 1.88 bits per heavy atom. The van der Waals surface area contributed by atoms with Gasteiger partial charge in [0, 0.05) is 24.3 Å². The third-order valence-corrected chi connectivity index (χ3v) is 7.96. The van der Waals surface area contributed by atoms with E-state index in [1.54, 1.807) is 18.2 Å². The minimum absolute atomic E-state index is 0.0484. The maximum atomic E-state index is 14.7. The summed E-state index contributed by atoms with van der Waals surface area (Å²) < 4.78 is 116. The van der Waals surface area contributed by atoms with Gasteiger partial charge in [-0.25, -0.2) is 14.5 Å². The highest BCUT2D eigenvalue weighted by Gasteiger charge is 2.34. The average molecular weight is 622 g/mol. The summed E-state index contributed by atoms with van der Waals surface area (Å²) in [5.41, 5.74) is 7.92. The van der Waals surface area contributed by atoms with E-state index in [9.17, 15) is 9.36 Å². The summed E-state index contributed by atoms with van der Waals surface area (Å²) >= 11 is 0. The van der Waals surface area contributed by atoms with Crippen molar-refractivity contribution in [1.82, 2.24) is 19.6 Å². The van der Waals surface area contributed by atoms with E-state index >= 15 is 0 Å². The van der Waals surface area contributed by atoms with Gasteiger partial charge in [0.2, 0.25) is 0 Å². The molecule has 0 aliphatic heterocycles. The van der Waals surface area contributed by atoms with Gasteiger partial charge in [-0.3, -0.25) is 9.32 Å². The van der Waals surface area contributed by atoms with Crippen LogP contribution in [0.3, 0.4) is 0 Å². The van der Waals surface area contributed by atoms with Gasteiger partial charge < -0.3 is 24.3 Å². The third kappa shape index (κ3) is 8.12. The molecule has 4 aromatic rings. The van der Waals surface area contributed by atoms with Crippen LogP contribution >= 0.6 is 7.75 Å². The fourth-order valence-electron chi connectivity index (χ4n) is 4.55. The first-order valence-electron chi connectivity index (χ1n) is 18.8. The zero-order valence-electron chi connectivity index (χ0n) is 33.9. The Balaban J connectivity index is 1.82. The van der Waals surface area contributed by atoms with Crippen LogP contribution in [0.1, 0.15) is 79.2 Å². The Morgan fingerprint density at radius 1 is 1.12 bits per heavy atom. The molecule has 0 amide bonds. The fourth-order valence-corrected chi connectivity index (χ4v) is 5.92. The second-order valence-electron chi connectivity index (χ2n) is 9.55. The summed E-state index contributed by atoms with van der Waals surface area (Å²) in [7, 11) is -4.99. The summed E-state index contributed by atoms with van der Waals surface area (Å²) in [6.45, 7) is -7.19. The molecule has 0 unspecified atom stereocenters. The van der Waals surface area contributed by atoms with Gasteiger partial charge in [-0.05, 0) is 52.1 Å². The number of nitrogens with zero attached hydrogens (tertiary/aromatic N) is 3. The number of para-hydroxylation sites is 2. The Morgan fingerprint density at radius 3 is 2.60 bits per heavy atom. The molecule has 2 heterocycles. The summed E-state index contributed by atoms with van der Waals surface area (Å²) in [5.74, 6) is -1.48. The van der Waals surface area contributed by atoms with Crippen molar-refractivity contribution >= 4 is 41.5 Å². The summed E-state index contributed by atoms with van der Waals surface area (Å²) in [4.78, 5) is 22.6. The van der Waals surface area contributed by atoms with Gasteiger partial charge in [-0.1, -0.05) is 56.2 Å². The van der Waals surface area contributed by atoms with Crippen LogP contribution in [0.4, 0.5) is 5.82 Å². The number of carbonyl (C=O) groups excluding carboxylic acids is 1. The lowest BCUT2D eigenvalue weighted by Crippen LogP contribution is -2.36. The van der Waals surface area contributed by atoms with E-state index in [4.69, 9.17) is 38.2 Å². The number of unbranched alkanes of at least 4 members (excludes halogenated alkanes) is 1. The molecule has 0 radical (unpaired) electrons. The quantitative estimate of drug-likeness (QED) is 0.104. The first-order valence-corrected chi connectivity index (χ1v) is 15.3. The highest BCUT2D eigenvalue weighted by atomic mass is 31.2. The number of fused-ring (bicyclic) bond motifs is 3. The lowest BCUT2D eigenvalue weighted by atomic mass is 10.1. The van der Waals surface area contributed by atoms with Gasteiger partial charge in [0.1, 0.15) is 29.7 Å². The van der Waals surface area contributed by atoms with Gasteiger partial charge in [-0.15, -0.1) is 0 Å². The molecule has 2 aromatic carbocycles. The van der Waals surface area contributed by atoms with Crippen molar-refractivity contribution in [3.8, 4) is 5.75 Å². The van der Waals surface area contributed by atoms with Gasteiger partial charge in [-0.2, -0.15) is 5.09 Å². The number of anilines is 1. The van der Waals surface area contributed by atoms with Crippen LogP contribution in [-0.2, 0) is 30.0 Å². The van der Waals surface area contributed by atoms with Gasteiger partial charge in [0.15, 0.2) is 5.82 Å². The zero-order chi connectivity index (χ0) is 39.4. The monoisotopic (exact) mass is 621 g/mol. The zero-order valence-corrected chi connectivity index (χ0v) is 24.8. The molecule has 0 aliphatic carbocycles. The molecule has 12 heteroatoms. The van der Waals surface area contributed by atoms with Crippen molar-refractivity contribution in [2.24, 2.45) is 0 Å². The normalized spacial score (nSPS) is 19.1. The number of imidazole rings is 1.